The molecule has 1 N–H and O–H groups in total. The molecule has 0 radical (unpaired) electrons. The third kappa shape index (κ3) is 3.77. The maximum Gasteiger partial charge on any atom is 0.330 e. The molecule has 1 saturated heterocycles. The Hall–Kier alpha value is -1.18. The number of hydrogen-bond donors (Lipinski definition) is 1. The lowest BCUT2D eigenvalue weighted by Crippen LogP contribution is -2.42. The minimum absolute atomic E-state index is 0.00190. The highest BCUT2D eigenvalue weighted by Gasteiger charge is 2.38. The van der Waals surface area contributed by atoms with Gasteiger partial charge in [-0.25, -0.2) is 4.79 Å². The molecular weight excluding hydrogens is 300 g/mol. The van der Waals surface area contributed by atoms with Gasteiger partial charge < -0.3 is 9.16 Å². The Balaban J connectivity index is 1.96. The molecule has 1 aromatic heterocycles. The first-order chi connectivity index (χ1) is 10.1. The van der Waals surface area contributed by atoms with E-state index in [1.807, 2.05) is 0 Å². The van der Waals surface area contributed by atoms with E-state index in [0.29, 0.717) is 6.61 Å². The van der Waals surface area contributed by atoms with E-state index < -0.39 is 19.6 Å². The Morgan fingerprint density at radius 1 is 1.36 bits per heavy atom. The summed E-state index contributed by atoms with van der Waals surface area (Å²) < 4.78 is 13.5. The minimum Gasteiger partial charge on any atom is -0.414 e. The van der Waals surface area contributed by atoms with Crippen LogP contribution in [0.4, 0.5) is 0 Å². The molecule has 2 atom stereocenters. The number of rotatable bonds is 4. The Kier molecular flexibility index (Phi) is 4.79. The molecule has 124 valence electrons. The Bertz CT molecular complexity index is 629. The molecule has 0 aromatic carbocycles. The summed E-state index contributed by atoms with van der Waals surface area (Å²) in [5, 5.41) is 0.168. The predicted molar refractivity (Wildman–Crippen MR) is 87.6 cm³/mol. The van der Waals surface area contributed by atoms with E-state index in [2.05, 4.69) is 38.8 Å². The van der Waals surface area contributed by atoms with Crippen LogP contribution >= 0.6 is 0 Å². The molecule has 1 aromatic rings. The van der Waals surface area contributed by atoms with Crippen molar-refractivity contribution in [2.75, 3.05) is 6.61 Å². The molecule has 0 bridgehead atoms. The minimum atomic E-state index is -1.79. The molecule has 2 heterocycles. The van der Waals surface area contributed by atoms with E-state index in [9.17, 15) is 9.59 Å². The Morgan fingerprint density at radius 3 is 2.64 bits per heavy atom. The van der Waals surface area contributed by atoms with Gasteiger partial charge in [-0.3, -0.25) is 14.3 Å². The van der Waals surface area contributed by atoms with Gasteiger partial charge in [-0.2, -0.15) is 0 Å². The molecule has 1 aliphatic rings. The van der Waals surface area contributed by atoms with Crippen LogP contribution in [0.1, 0.15) is 39.8 Å². The van der Waals surface area contributed by atoms with Crippen molar-refractivity contribution in [3.8, 4) is 0 Å². The lowest BCUT2D eigenvalue weighted by molar-refractivity contribution is -0.0222. The Morgan fingerprint density at radius 2 is 2.05 bits per heavy atom. The summed E-state index contributed by atoms with van der Waals surface area (Å²) in [4.78, 5) is 25.1. The van der Waals surface area contributed by atoms with Crippen LogP contribution in [0.25, 0.3) is 0 Å². The zero-order valence-electron chi connectivity index (χ0n) is 14.0. The zero-order valence-corrected chi connectivity index (χ0v) is 15.0. The highest BCUT2D eigenvalue weighted by Crippen LogP contribution is 2.37. The van der Waals surface area contributed by atoms with Gasteiger partial charge in [-0.1, -0.05) is 20.8 Å². The van der Waals surface area contributed by atoms with E-state index >= 15 is 0 Å². The van der Waals surface area contributed by atoms with Crippen molar-refractivity contribution in [1.82, 2.24) is 9.55 Å². The van der Waals surface area contributed by atoms with Crippen LogP contribution in [0, 0.1) is 0 Å². The average Bonchev–Trinajstić information content (AvgIpc) is 2.83. The van der Waals surface area contributed by atoms with E-state index in [0.717, 1.165) is 12.8 Å². The van der Waals surface area contributed by atoms with Gasteiger partial charge in [0.1, 0.15) is 6.23 Å². The monoisotopic (exact) mass is 326 g/mol. The van der Waals surface area contributed by atoms with Crippen LogP contribution < -0.4 is 11.2 Å². The fourth-order valence-electron chi connectivity index (χ4n) is 2.19. The predicted octanol–water partition coefficient (Wildman–Crippen LogP) is 2.24. The van der Waals surface area contributed by atoms with Crippen molar-refractivity contribution in [1.29, 1.82) is 0 Å². The topological polar surface area (TPSA) is 73.3 Å². The number of aromatic nitrogens is 2. The quantitative estimate of drug-likeness (QED) is 0.861. The third-order valence-electron chi connectivity index (χ3n) is 4.68. The van der Waals surface area contributed by atoms with E-state index in [1.54, 1.807) is 0 Å². The summed E-state index contributed by atoms with van der Waals surface area (Å²) in [5.74, 6) is 0. The highest BCUT2D eigenvalue weighted by atomic mass is 28.4. The lowest BCUT2D eigenvalue weighted by atomic mass is 10.2. The number of nitrogens with zero attached hydrogens (tertiary/aromatic N) is 1. The van der Waals surface area contributed by atoms with E-state index in [1.165, 1.54) is 16.8 Å². The van der Waals surface area contributed by atoms with Crippen molar-refractivity contribution in [3.05, 3.63) is 33.1 Å². The van der Waals surface area contributed by atoms with Gasteiger partial charge >= 0.3 is 5.69 Å². The molecule has 2 rings (SSSR count). The molecule has 0 unspecified atom stereocenters. The van der Waals surface area contributed by atoms with Gasteiger partial charge in [-0.15, -0.1) is 0 Å². The molecule has 0 spiro atoms. The number of H-pyrrole nitrogens is 1. The summed E-state index contributed by atoms with van der Waals surface area (Å²) >= 11 is 0. The normalized spacial score (nSPS) is 23.0. The largest absolute Gasteiger partial charge is 0.414 e. The van der Waals surface area contributed by atoms with Crippen LogP contribution in [-0.4, -0.2) is 30.6 Å². The molecule has 1 fully saturated rings. The SMILES string of the molecule is CC(C)(C)[Si](C)(C)OC[C@@H]1CC[C@@H](n2ccc(=O)[nH]c2=O)O1. The number of nitrogens with one attached hydrogen (secondary N) is 1. The first-order valence-corrected chi connectivity index (χ1v) is 10.6. The van der Waals surface area contributed by atoms with Gasteiger partial charge in [0.15, 0.2) is 8.32 Å². The molecule has 0 amide bonds. The van der Waals surface area contributed by atoms with Gasteiger partial charge in [0, 0.05) is 12.3 Å². The molecular formula is C15H26N2O4Si. The van der Waals surface area contributed by atoms with Crippen molar-refractivity contribution < 1.29 is 9.16 Å². The molecule has 0 aliphatic carbocycles. The van der Waals surface area contributed by atoms with Crippen molar-refractivity contribution in [2.45, 2.75) is 64.1 Å². The van der Waals surface area contributed by atoms with Crippen molar-refractivity contribution >= 4 is 8.32 Å². The number of hydrogen-bond acceptors (Lipinski definition) is 4. The second-order valence-electron chi connectivity index (χ2n) is 7.38. The van der Waals surface area contributed by atoms with Gasteiger partial charge in [0.25, 0.3) is 5.56 Å². The van der Waals surface area contributed by atoms with Crippen molar-refractivity contribution in [2.24, 2.45) is 0 Å². The summed E-state index contributed by atoms with van der Waals surface area (Å²) in [6.07, 6.45) is 2.76. The third-order valence-corrected chi connectivity index (χ3v) is 9.18. The molecule has 22 heavy (non-hydrogen) atoms. The summed E-state index contributed by atoms with van der Waals surface area (Å²) in [6, 6.07) is 1.34. The van der Waals surface area contributed by atoms with Crippen LogP contribution in [0.2, 0.25) is 18.1 Å². The second-order valence-corrected chi connectivity index (χ2v) is 12.2. The van der Waals surface area contributed by atoms with Crippen LogP contribution in [0.5, 0.6) is 0 Å². The summed E-state index contributed by atoms with van der Waals surface area (Å²) in [7, 11) is -1.79. The van der Waals surface area contributed by atoms with Gasteiger partial charge in [-0.05, 0) is 31.0 Å². The van der Waals surface area contributed by atoms with Gasteiger partial charge in [0.2, 0.25) is 0 Å². The van der Waals surface area contributed by atoms with Crippen LogP contribution in [0.15, 0.2) is 21.9 Å². The maximum absolute atomic E-state index is 11.8. The van der Waals surface area contributed by atoms with Crippen LogP contribution in [0.3, 0.4) is 0 Å². The lowest BCUT2D eigenvalue weighted by Gasteiger charge is -2.36. The van der Waals surface area contributed by atoms with E-state index in [-0.39, 0.29) is 17.4 Å². The fourth-order valence-corrected chi connectivity index (χ4v) is 3.22. The average molecular weight is 326 g/mol. The molecule has 6 nitrogen and oxygen atoms in total. The molecule has 7 heteroatoms. The second kappa shape index (κ2) is 6.14. The highest BCUT2D eigenvalue weighted by molar-refractivity contribution is 6.74. The Labute approximate surface area is 131 Å². The number of aromatic amines is 1. The summed E-state index contributed by atoms with van der Waals surface area (Å²) in [5.41, 5.74) is -0.819. The smallest absolute Gasteiger partial charge is 0.330 e. The molecule has 0 saturated carbocycles. The summed E-state index contributed by atoms with van der Waals surface area (Å²) in [6.45, 7) is 11.6. The van der Waals surface area contributed by atoms with Crippen LogP contribution in [-0.2, 0) is 9.16 Å². The van der Waals surface area contributed by atoms with Gasteiger partial charge in [0.05, 0.1) is 12.7 Å². The molecule has 1 aliphatic heterocycles. The van der Waals surface area contributed by atoms with Crippen molar-refractivity contribution in [3.63, 3.8) is 0 Å². The number of ether oxygens (including phenoxy) is 1. The standard InChI is InChI=1S/C15H26N2O4Si/c1-15(2,3)22(4,5)20-10-11-6-7-13(21-11)17-9-8-12(18)16-14(17)19/h8-9,11,13H,6-7,10H2,1-5H3,(H,16,18,19)/t11-,13-/m0/s1. The maximum atomic E-state index is 11.8. The fraction of sp³-hybridized carbons (Fsp3) is 0.733. The zero-order chi connectivity index (χ0) is 16.5. The van der Waals surface area contributed by atoms with E-state index in [4.69, 9.17) is 9.16 Å². The first kappa shape index (κ1) is 17.2. The first-order valence-electron chi connectivity index (χ1n) is 7.71.